The summed E-state index contributed by atoms with van der Waals surface area (Å²) in [5, 5.41) is 0. The zero-order valence-electron chi connectivity index (χ0n) is 19.4. The average molecular weight is 527 g/mol. The van der Waals surface area contributed by atoms with E-state index < -0.39 is 11.9 Å². The number of benzene rings is 3. The van der Waals surface area contributed by atoms with Crippen molar-refractivity contribution < 1.29 is 28.5 Å². The van der Waals surface area contributed by atoms with Gasteiger partial charge >= 0.3 is 11.9 Å². The monoisotopic (exact) mass is 526 g/mol. The second-order valence-corrected chi connectivity index (χ2v) is 9.31. The van der Waals surface area contributed by atoms with E-state index >= 15 is 0 Å². The first-order chi connectivity index (χ1) is 16.2. The summed E-state index contributed by atoms with van der Waals surface area (Å²) in [5.41, 5.74) is 1.27. The lowest BCUT2D eigenvalue weighted by Gasteiger charge is -2.20. The molecule has 0 bridgehead atoms. The standard InChI is InChI=1S/C27H27BrO6/c1-27(2,3)19-13-14-24(22(28)17-19)33-18-25(29)34-23-12-8-7-11-21(23)26(30)32-16-15-31-20-9-5-4-6-10-20/h4-14,17H,15-16,18H2,1-3H3. The summed E-state index contributed by atoms with van der Waals surface area (Å²) in [5.74, 6) is 0.0665. The maximum Gasteiger partial charge on any atom is 0.349 e. The molecule has 0 spiro atoms. The summed E-state index contributed by atoms with van der Waals surface area (Å²) < 4.78 is 22.5. The molecule has 0 fully saturated rings. The SMILES string of the molecule is CC(C)(C)c1ccc(OCC(=O)Oc2ccccc2C(=O)OCCOc2ccccc2)c(Br)c1. The fourth-order valence-corrected chi connectivity index (χ4v) is 3.48. The first-order valence-electron chi connectivity index (χ1n) is 10.8. The summed E-state index contributed by atoms with van der Waals surface area (Å²) in [6, 6.07) is 21.4. The Balaban J connectivity index is 1.52. The minimum Gasteiger partial charge on any atom is -0.490 e. The molecule has 0 saturated heterocycles. The predicted molar refractivity (Wildman–Crippen MR) is 133 cm³/mol. The van der Waals surface area contributed by atoms with E-state index in [0.29, 0.717) is 11.5 Å². The van der Waals surface area contributed by atoms with Crippen molar-refractivity contribution in [1.29, 1.82) is 0 Å². The number of halogens is 1. The molecule has 0 N–H and O–H groups in total. The predicted octanol–water partition coefficient (Wildman–Crippen LogP) is 5.97. The molecule has 0 aliphatic heterocycles. The molecule has 0 heterocycles. The molecule has 0 saturated carbocycles. The molecule has 34 heavy (non-hydrogen) atoms. The highest BCUT2D eigenvalue weighted by molar-refractivity contribution is 9.10. The third-order valence-corrected chi connectivity index (χ3v) is 5.42. The van der Waals surface area contributed by atoms with E-state index in [-0.39, 0.29) is 36.5 Å². The summed E-state index contributed by atoms with van der Waals surface area (Å²) in [6.45, 7) is 6.29. The molecule has 3 rings (SSSR count). The third kappa shape index (κ3) is 7.35. The van der Waals surface area contributed by atoms with Gasteiger partial charge in [0.05, 0.1) is 4.47 Å². The normalized spacial score (nSPS) is 10.9. The Morgan fingerprint density at radius 3 is 2.24 bits per heavy atom. The second kappa shape index (κ2) is 11.7. The van der Waals surface area contributed by atoms with Crippen LogP contribution in [0.3, 0.4) is 0 Å². The van der Waals surface area contributed by atoms with Crippen molar-refractivity contribution >= 4 is 27.9 Å². The van der Waals surface area contributed by atoms with E-state index in [2.05, 4.69) is 36.7 Å². The first kappa shape index (κ1) is 25.3. The zero-order chi connectivity index (χ0) is 24.6. The van der Waals surface area contributed by atoms with E-state index in [0.717, 1.165) is 10.0 Å². The van der Waals surface area contributed by atoms with Crippen LogP contribution >= 0.6 is 15.9 Å². The molecule has 6 nitrogen and oxygen atoms in total. The molecule has 0 unspecified atom stereocenters. The van der Waals surface area contributed by atoms with Crippen molar-refractivity contribution in [3.63, 3.8) is 0 Å². The number of para-hydroxylation sites is 2. The summed E-state index contributed by atoms with van der Waals surface area (Å²) >= 11 is 3.48. The van der Waals surface area contributed by atoms with Crippen LogP contribution in [0.2, 0.25) is 0 Å². The maximum absolute atomic E-state index is 12.5. The lowest BCUT2D eigenvalue weighted by molar-refractivity contribution is -0.136. The van der Waals surface area contributed by atoms with E-state index in [1.165, 1.54) is 12.1 Å². The molecular weight excluding hydrogens is 500 g/mol. The van der Waals surface area contributed by atoms with Crippen LogP contribution in [0.15, 0.2) is 77.3 Å². The van der Waals surface area contributed by atoms with E-state index in [1.807, 2.05) is 42.5 Å². The van der Waals surface area contributed by atoms with Crippen molar-refractivity contribution in [2.45, 2.75) is 26.2 Å². The van der Waals surface area contributed by atoms with Crippen molar-refractivity contribution in [3.05, 3.63) is 88.4 Å². The molecule has 0 amide bonds. The van der Waals surface area contributed by atoms with Gasteiger partial charge in [-0.05, 0) is 63.3 Å². The Morgan fingerprint density at radius 1 is 0.824 bits per heavy atom. The van der Waals surface area contributed by atoms with Crippen LogP contribution in [-0.4, -0.2) is 31.8 Å². The van der Waals surface area contributed by atoms with E-state index in [1.54, 1.807) is 18.2 Å². The summed E-state index contributed by atoms with van der Waals surface area (Å²) in [6.07, 6.45) is 0. The fraction of sp³-hybridized carbons (Fsp3) is 0.259. The Kier molecular flexibility index (Phi) is 8.71. The quantitative estimate of drug-likeness (QED) is 0.194. The average Bonchev–Trinajstić information content (AvgIpc) is 2.81. The number of esters is 2. The topological polar surface area (TPSA) is 71.1 Å². The fourth-order valence-electron chi connectivity index (χ4n) is 2.99. The number of hydrogen-bond donors (Lipinski definition) is 0. The minimum absolute atomic E-state index is 0.00797. The summed E-state index contributed by atoms with van der Waals surface area (Å²) in [7, 11) is 0. The molecule has 0 aromatic heterocycles. The van der Waals surface area contributed by atoms with Gasteiger partial charge in [-0.1, -0.05) is 57.2 Å². The highest BCUT2D eigenvalue weighted by Crippen LogP contribution is 2.31. The van der Waals surface area contributed by atoms with Gasteiger partial charge in [0.15, 0.2) is 6.61 Å². The van der Waals surface area contributed by atoms with Crippen molar-refractivity contribution in [1.82, 2.24) is 0 Å². The van der Waals surface area contributed by atoms with Crippen LogP contribution in [0.5, 0.6) is 17.2 Å². The Labute approximate surface area is 207 Å². The number of hydrogen-bond acceptors (Lipinski definition) is 6. The number of ether oxygens (including phenoxy) is 4. The van der Waals surface area contributed by atoms with Gasteiger partial charge in [0.2, 0.25) is 0 Å². The Bertz CT molecular complexity index is 1120. The van der Waals surface area contributed by atoms with Gasteiger partial charge < -0.3 is 18.9 Å². The highest BCUT2D eigenvalue weighted by Gasteiger charge is 2.18. The minimum atomic E-state index is -0.639. The van der Waals surface area contributed by atoms with Crippen LogP contribution in [0.4, 0.5) is 0 Å². The largest absolute Gasteiger partial charge is 0.490 e. The van der Waals surface area contributed by atoms with Crippen molar-refractivity contribution in [3.8, 4) is 17.2 Å². The van der Waals surface area contributed by atoms with Crippen molar-refractivity contribution in [2.24, 2.45) is 0 Å². The molecule has 0 aliphatic rings. The second-order valence-electron chi connectivity index (χ2n) is 8.45. The summed E-state index contributed by atoms with van der Waals surface area (Å²) in [4.78, 5) is 24.9. The molecule has 7 heteroatoms. The van der Waals surface area contributed by atoms with Gasteiger partial charge in [0.25, 0.3) is 0 Å². The zero-order valence-corrected chi connectivity index (χ0v) is 21.0. The van der Waals surface area contributed by atoms with Gasteiger partial charge in [-0.3, -0.25) is 0 Å². The van der Waals surface area contributed by atoms with Crippen molar-refractivity contribution in [2.75, 3.05) is 19.8 Å². The first-order valence-corrected chi connectivity index (χ1v) is 11.6. The Hall–Kier alpha value is -3.32. The smallest absolute Gasteiger partial charge is 0.349 e. The number of rotatable bonds is 9. The van der Waals surface area contributed by atoms with Crippen LogP contribution in [0, 0.1) is 0 Å². The molecule has 3 aromatic carbocycles. The number of carbonyl (C=O) groups excluding carboxylic acids is 2. The molecule has 3 aromatic rings. The molecule has 0 aliphatic carbocycles. The van der Waals surface area contributed by atoms with Gasteiger partial charge in [0, 0.05) is 0 Å². The molecule has 178 valence electrons. The highest BCUT2D eigenvalue weighted by atomic mass is 79.9. The molecular formula is C27H27BrO6. The van der Waals surface area contributed by atoms with Gasteiger partial charge in [0.1, 0.15) is 36.0 Å². The van der Waals surface area contributed by atoms with E-state index in [4.69, 9.17) is 18.9 Å². The van der Waals surface area contributed by atoms with Gasteiger partial charge in [-0.25, -0.2) is 9.59 Å². The van der Waals surface area contributed by atoms with E-state index in [9.17, 15) is 9.59 Å². The van der Waals surface area contributed by atoms with Crippen LogP contribution in [0.1, 0.15) is 36.7 Å². The third-order valence-electron chi connectivity index (χ3n) is 4.80. The van der Waals surface area contributed by atoms with Crippen LogP contribution in [0.25, 0.3) is 0 Å². The van der Waals surface area contributed by atoms with Gasteiger partial charge in [-0.15, -0.1) is 0 Å². The van der Waals surface area contributed by atoms with Crippen LogP contribution < -0.4 is 14.2 Å². The Morgan fingerprint density at radius 2 is 1.53 bits per heavy atom. The van der Waals surface area contributed by atoms with Gasteiger partial charge in [-0.2, -0.15) is 0 Å². The van der Waals surface area contributed by atoms with Crippen LogP contribution in [-0.2, 0) is 14.9 Å². The molecule has 0 radical (unpaired) electrons. The molecule has 0 atom stereocenters. The maximum atomic E-state index is 12.5. The lowest BCUT2D eigenvalue weighted by atomic mass is 9.87. The number of carbonyl (C=O) groups is 2. The lowest BCUT2D eigenvalue weighted by Crippen LogP contribution is -2.20.